The van der Waals surface area contributed by atoms with Gasteiger partial charge in [-0.1, -0.05) is 11.6 Å². The molecule has 1 aromatic carbocycles. The highest BCUT2D eigenvalue weighted by Gasteiger charge is 2.20. The molecular weight excluding hydrogens is 266 g/mol. The van der Waals surface area contributed by atoms with Gasteiger partial charge in [0.05, 0.1) is 30.5 Å². The van der Waals surface area contributed by atoms with Crippen molar-refractivity contribution in [3.8, 4) is 22.8 Å². The van der Waals surface area contributed by atoms with Crippen molar-refractivity contribution in [2.45, 2.75) is 6.92 Å². The molecule has 2 aromatic rings. The van der Waals surface area contributed by atoms with Crippen molar-refractivity contribution in [2.75, 3.05) is 20.0 Å². The number of rotatable bonds is 3. The van der Waals surface area contributed by atoms with Crippen LogP contribution in [0.5, 0.6) is 11.5 Å². The van der Waals surface area contributed by atoms with Crippen LogP contribution in [-0.2, 0) is 7.05 Å². The summed E-state index contributed by atoms with van der Waals surface area (Å²) in [7, 11) is 4.94. The maximum absolute atomic E-state index is 6.40. The van der Waals surface area contributed by atoms with Gasteiger partial charge >= 0.3 is 0 Å². The predicted octanol–water partition coefficient (Wildman–Crippen LogP) is 2.65. The van der Waals surface area contributed by atoms with Gasteiger partial charge < -0.3 is 15.2 Å². The lowest BCUT2D eigenvalue weighted by Crippen LogP contribution is -1.98. The molecule has 0 radical (unpaired) electrons. The zero-order valence-electron chi connectivity index (χ0n) is 11.3. The Kier molecular flexibility index (Phi) is 3.57. The Morgan fingerprint density at radius 2 is 1.95 bits per heavy atom. The van der Waals surface area contributed by atoms with E-state index in [1.165, 1.54) is 0 Å². The van der Waals surface area contributed by atoms with Gasteiger partial charge in [0.25, 0.3) is 0 Å². The Hall–Kier alpha value is -1.88. The highest BCUT2D eigenvalue weighted by Crippen LogP contribution is 2.43. The minimum Gasteiger partial charge on any atom is -0.496 e. The first kappa shape index (κ1) is 13.5. The highest BCUT2D eigenvalue weighted by atomic mass is 35.5. The topological polar surface area (TPSA) is 62.3 Å². The molecular formula is C13H16ClN3O2. The third kappa shape index (κ3) is 2.21. The van der Waals surface area contributed by atoms with E-state index in [-0.39, 0.29) is 0 Å². The molecule has 1 heterocycles. The third-order valence-corrected chi connectivity index (χ3v) is 3.33. The lowest BCUT2D eigenvalue weighted by molar-refractivity contribution is 0.402. The summed E-state index contributed by atoms with van der Waals surface area (Å²) in [5, 5.41) is 4.80. The second-order valence-corrected chi connectivity index (χ2v) is 4.57. The molecule has 0 bridgehead atoms. The van der Waals surface area contributed by atoms with Gasteiger partial charge in [-0.05, 0) is 18.6 Å². The van der Waals surface area contributed by atoms with E-state index in [2.05, 4.69) is 5.10 Å². The van der Waals surface area contributed by atoms with Gasteiger partial charge in [0.15, 0.2) is 0 Å². The van der Waals surface area contributed by atoms with Crippen LogP contribution in [0.3, 0.4) is 0 Å². The monoisotopic (exact) mass is 281 g/mol. The van der Waals surface area contributed by atoms with E-state index in [4.69, 9.17) is 26.8 Å². The summed E-state index contributed by atoms with van der Waals surface area (Å²) in [6, 6.07) is 3.61. The van der Waals surface area contributed by atoms with E-state index in [1.54, 1.807) is 32.0 Å². The Morgan fingerprint density at radius 1 is 1.26 bits per heavy atom. The van der Waals surface area contributed by atoms with Crippen molar-refractivity contribution in [3.63, 3.8) is 0 Å². The SMILES string of the molecule is COc1cc(C)c(OC)c(Cl)c1-c1cc(N)n(C)n1. The molecule has 0 saturated carbocycles. The van der Waals surface area contributed by atoms with Crippen LogP contribution in [0.25, 0.3) is 11.3 Å². The van der Waals surface area contributed by atoms with Crippen LogP contribution in [0.2, 0.25) is 5.02 Å². The standard InChI is InChI=1S/C13H16ClN3O2/c1-7-5-9(18-3)11(12(14)13(7)19-4)8-6-10(15)17(2)16-8/h5-6H,15H2,1-4H3. The molecule has 2 rings (SSSR count). The lowest BCUT2D eigenvalue weighted by atomic mass is 10.1. The number of hydrogen-bond acceptors (Lipinski definition) is 4. The zero-order valence-corrected chi connectivity index (χ0v) is 12.1. The maximum atomic E-state index is 6.40. The minimum absolute atomic E-state index is 0.470. The van der Waals surface area contributed by atoms with E-state index < -0.39 is 0 Å². The van der Waals surface area contributed by atoms with Crippen LogP contribution in [0.4, 0.5) is 5.82 Å². The number of halogens is 1. The number of aryl methyl sites for hydroxylation is 2. The van der Waals surface area contributed by atoms with Crippen molar-refractivity contribution >= 4 is 17.4 Å². The first-order valence-corrected chi connectivity index (χ1v) is 6.08. The Bertz CT molecular complexity index is 603. The molecule has 102 valence electrons. The molecule has 0 spiro atoms. The fraction of sp³-hybridized carbons (Fsp3) is 0.308. The summed E-state index contributed by atoms with van der Waals surface area (Å²) < 4.78 is 12.3. The second-order valence-electron chi connectivity index (χ2n) is 4.20. The first-order chi connectivity index (χ1) is 8.99. The fourth-order valence-corrected chi connectivity index (χ4v) is 2.40. The van der Waals surface area contributed by atoms with Gasteiger partial charge in [0.2, 0.25) is 0 Å². The van der Waals surface area contributed by atoms with Crippen LogP contribution < -0.4 is 15.2 Å². The predicted molar refractivity (Wildman–Crippen MR) is 75.9 cm³/mol. The molecule has 0 aliphatic rings. The number of benzene rings is 1. The molecule has 0 amide bonds. The van der Waals surface area contributed by atoms with Crippen LogP contribution in [0, 0.1) is 6.92 Å². The molecule has 0 saturated heterocycles. The van der Waals surface area contributed by atoms with E-state index in [0.717, 1.165) is 5.56 Å². The van der Waals surface area contributed by atoms with Crippen LogP contribution in [0.15, 0.2) is 12.1 Å². The number of aromatic nitrogens is 2. The molecule has 5 nitrogen and oxygen atoms in total. The molecule has 1 aromatic heterocycles. The summed E-state index contributed by atoms with van der Waals surface area (Å²) in [6.07, 6.45) is 0. The quantitative estimate of drug-likeness (QED) is 0.939. The Balaban J connectivity index is 2.73. The molecule has 0 aliphatic carbocycles. The van der Waals surface area contributed by atoms with E-state index >= 15 is 0 Å². The molecule has 6 heteroatoms. The molecule has 0 aliphatic heterocycles. The molecule has 0 unspecified atom stereocenters. The van der Waals surface area contributed by atoms with Crippen molar-refractivity contribution in [3.05, 3.63) is 22.7 Å². The second kappa shape index (κ2) is 5.01. The van der Waals surface area contributed by atoms with Crippen molar-refractivity contribution in [1.29, 1.82) is 0 Å². The average molecular weight is 282 g/mol. The van der Waals surface area contributed by atoms with Crippen molar-refractivity contribution in [1.82, 2.24) is 9.78 Å². The molecule has 2 N–H and O–H groups in total. The average Bonchev–Trinajstić information content (AvgIpc) is 2.68. The van der Waals surface area contributed by atoms with Gasteiger partial charge in [0, 0.05) is 13.1 Å². The van der Waals surface area contributed by atoms with Crippen LogP contribution in [0.1, 0.15) is 5.56 Å². The Labute approximate surface area is 116 Å². The summed E-state index contributed by atoms with van der Waals surface area (Å²) in [5.74, 6) is 1.80. The number of methoxy groups -OCH3 is 2. The van der Waals surface area contributed by atoms with Gasteiger partial charge in [-0.3, -0.25) is 4.68 Å². The smallest absolute Gasteiger partial charge is 0.141 e. The molecule has 0 fully saturated rings. The number of anilines is 1. The van der Waals surface area contributed by atoms with E-state index in [9.17, 15) is 0 Å². The summed E-state index contributed by atoms with van der Waals surface area (Å²) in [6.45, 7) is 1.91. The van der Waals surface area contributed by atoms with Crippen LogP contribution >= 0.6 is 11.6 Å². The Morgan fingerprint density at radius 3 is 2.42 bits per heavy atom. The fourth-order valence-electron chi connectivity index (χ4n) is 1.98. The van der Waals surface area contributed by atoms with E-state index in [0.29, 0.717) is 33.6 Å². The van der Waals surface area contributed by atoms with Crippen LogP contribution in [-0.4, -0.2) is 24.0 Å². The third-order valence-electron chi connectivity index (χ3n) is 2.97. The first-order valence-electron chi connectivity index (χ1n) is 5.70. The number of nitrogens with two attached hydrogens (primary N) is 1. The van der Waals surface area contributed by atoms with Gasteiger partial charge in [-0.2, -0.15) is 5.10 Å². The molecule has 19 heavy (non-hydrogen) atoms. The number of nitrogen functional groups attached to an aromatic ring is 1. The van der Waals surface area contributed by atoms with Gasteiger partial charge in [-0.25, -0.2) is 0 Å². The molecule has 0 atom stereocenters. The highest BCUT2D eigenvalue weighted by molar-refractivity contribution is 6.35. The summed E-state index contributed by atoms with van der Waals surface area (Å²) in [5.41, 5.74) is 8.04. The minimum atomic E-state index is 0.470. The number of hydrogen-bond donors (Lipinski definition) is 1. The summed E-state index contributed by atoms with van der Waals surface area (Å²) in [4.78, 5) is 0. The number of nitrogens with zero attached hydrogens (tertiary/aromatic N) is 2. The number of ether oxygens (including phenoxy) is 2. The van der Waals surface area contributed by atoms with E-state index in [1.807, 2.05) is 13.0 Å². The van der Waals surface area contributed by atoms with Crippen molar-refractivity contribution in [2.24, 2.45) is 7.05 Å². The maximum Gasteiger partial charge on any atom is 0.141 e. The van der Waals surface area contributed by atoms with Crippen molar-refractivity contribution < 1.29 is 9.47 Å². The zero-order chi connectivity index (χ0) is 14.2. The largest absolute Gasteiger partial charge is 0.496 e. The summed E-state index contributed by atoms with van der Waals surface area (Å²) >= 11 is 6.40. The lowest BCUT2D eigenvalue weighted by Gasteiger charge is -2.14. The van der Waals surface area contributed by atoms with Gasteiger partial charge in [0.1, 0.15) is 17.3 Å². The normalized spacial score (nSPS) is 10.6. The van der Waals surface area contributed by atoms with Gasteiger partial charge in [-0.15, -0.1) is 0 Å².